The SMILES string of the molecule is CC(=O)N1CCc2nc(C)[nH]c2C1. The van der Waals surface area contributed by atoms with Crippen LogP contribution in [0.3, 0.4) is 0 Å². The number of aromatic nitrogens is 2. The number of imidazole rings is 1. The first-order valence-corrected chi connectivity index (χ1v) is 4.46. The molecule has 70 valence electrons. The van der Waals surface area contributed by atoms with Crippen molar-refractivity contribution in [2.24, 2.45) is 0 Å². The van der Waals surface area contributed by atoms with Gasteiger partial charge >= 0.3 is 0 Å². The summed E-state index contributed by atoms with van der Waals surface area (Å²) in [4.78, 5) is 20.5. The smallest absolute Gasteiger partial charge is 0.219 e. The van der Waals surface area contributed by atoms with E-state index in [1.54, 1.807) is 6.92 Å². The van der Waals surface area contributed by atoms with Crippen molar-refractivity contribution in [2.45, 2.75) is 26.8 Å². The molecule has 0 aromatic carbocycles. The first kappa shape index (κ1) is 8.29. The van der Waals surface area contributed by atoms with Gasteiger partial charge in [-0.2, -0.15) is 0 Å². The second-order valence-corrected chi connectivity index (χ2v) is 3.44. The summed E-state index contributed by atoms with van der Waals surface area (Å²) >= 11 is 0. The zero-order valence-corrected chi connectivity index (χ0v) is 7.92. The van der Waals surface area contributed by atoms with Gasteiger partial charge in [-0.15, -0.1) is 0 Å². The molecule has 4 heteroatoms. The van der Waals surface area contributed by atoms with Crippen molar-refractivity contribution in [3.63, 3.8) is 0 Å². The summed E-state index contributed by atoms with van der Waals surface area (Å²) in [5.74, 6) is 1.08. The van der Waals surface area contributed by atoms with Crippen LogP contribution in [0.2, 0.25) is 0 Å². The summed E-state index contributed by atoms with van der Waals surface area (Å²) in [6.45, 7) is 5.03. The van der Waals surface area contributed by atoms with E-state index in [0.717, 1.165) is 30.2 Å². The first-order valence-electron chi connectivity index (χ1n) is 4.46. The first-order chi connectivity index (χ1) is 6.16. The van der Waals surface area contributed by atoms with E-state index in [2.05, 4.69) is 9.97 Å². The topological polar surface area (TPSA) is 49.0 Å². The second kappa shape index (κ2) is 2.87. The van der Waals surface area contributed by atoms with Crippen LogP contribution in [0.4, 0.5) is 0 Å². The Balaban J connectivity index is 2.24. The van der Waals surface area contributed by atoms with Crippen LogP contribution in [0.15, 0.2) is 0 Å². The Morgan fingerprint density at radius 1 is 1.62 bits per heavy atom. The normalized spacial score (nSPS) is 15.7. The maximum absolute atomic E-state index is 11.1. The number of carbonyl (C=O) groups excluding carboxylic acids is 1. The predicted octanol–water partition coefficient (Wildman–Crippen LogP) is 0.623. The molecular formula is C9H13N3O. The van der Waals surface area contributed by atoms with Crippen LogP contribution in [0.25, 0.3) is 0 Å². The van der Waals surface area contributed by atoms with E-state index in [-0.39, 0.29) is 5.91 Å². The van der Waals surface area contributed by atoms with Gasteiger partial charge in [-0.05, 0) is 6.92 Å². The highest BCUT2D eigenvalue weighted by Gasteiger charge is 2.20. The molecule has 0 unspecified atom stereocenters. The Morgan fingerprint density at radius 3 is 3.08 bits per heavy atom. The summed E-state index contributed by atoms with van der Waals surface area (Å²) in [6, 6.07) is 0. The van der Waals surface area contributed by atoms with Crippen molar-refractivity contribution in [1.82, 2.24) is 14.9 Å². The third-order valence-electron chi connectivity index (χ3n) is 2.40. The summed E-state index contributed by atoms with van der Waals surface area (Å²) in [5, 5.41) is 0. The molecule has 2 rings (SSSR count). The third-order valence-corrected chi connectivity index (χ3v) is 2.40. The molecule has 0 aliphatic carbocycles. The number of amides is 1. The van der Waals surface area contributed by atoms with Gasteiger partial charge < -0.3 is 9.88 Å². The molecule has 1 aliphatic rings. The van der Waals surface area contributed by atoms with Gasteiger partial charge in [0.05, 0.1) is 17.9 Å². The highest BCUT2D eigenvalue weighted by Crippen LogP contribution is 2.15. The van der Waals surface area contributed by atoms with E-state index in [0.29, 0.717) is 6.54 Å². The molecule has 0 radical (unpaired) electrons. The monoisotopic (exact) mass is 179 g/mol. The maximum atomic E-state index is 11.1. The molecule has 1 amide bonds. The molecule has 1 aliphatic heterocycles. The minimum absolute atomic E-state index is 0.137. The van der Waals surface area contributed by atoms with Gasteiger partial charge in [0, 0.05) is 19.9 Å². The van der Waals surface area contributed by atoms with Crippen LogP contribution < -0.4 is 0 Å². The molecule has 1 N–H and O–H groups in total. The molecule has 0 spiro atoms. The highest BCUT2D eigenvalue weighted by molar-refractivity contribution is 5.73. The highest BCUT2D eigenvalue weighted by atomic mass is 16.2. The second-order valence-electron chi connectivity index (χ2n) is 3.44. The Hall–Kier alpha value is -1.32. The van der Waals surface area contributed by atoms with Gasteiger partial charge in [0.25, 0.3) is 0 Å². The largest absolute Gasteiger partial charge is 0.344 e. The lowest BCUT2D eigenvalue weighted by atomic mass is 10.1. The Kier molecular flexibility index (Phi) is 1.83. The number of hydrogen-bond acceptors (Lipinski definition) is 2. The molecule has 13 heavy (non-hydrogen) atoms. The molecule has 1 aromatic rings. The zero-order valence-electron chi connectivity index (χ0n) is 7.92. The van der Waals surface area contributed by atoms with Crippen molar-refractivity contribution in [1.29, 1.82) is 0 Å². The van der Waals surface area contributed by atoms with Gasteiger partial charge in [0.1, 0.15) is 5.82 Å². The van der Waals surface area contributed by atoms with Crippen molar-refractivity contribution in [3.05, 3.63) is 17.2 Å². The Morgan fingerprint density at radius 2 is 2.38 bits per heavy atom. The number of rotatable bonds is 0. The average molecular weight is 179 g/mol. The fraction of sp³-hybridized carbons (Fsp3) is 0.556. The van der Waals surface area contributed by atoms with Crippen molar-refractivity contribution in [3.8, 4) is 0 Å². The molecule has 2 heterocycles. The number of aryl methyl sites for hydroxylation is 1. The van der Waals surface area contributed by atoms with Gasteiger partial charge in [-0.25, -0.2) is 4.98 Å². The van der Waals surface area contributed by atoms with E-state index in [1.165, 1.54) is 0 Å². The van der Waals surface area contributed by atoms with Crippen molar-refractivity contribution < 1.29 is 4.79 Å². The average Bonchev–Trinajstić information content (AvgIpc) is 2.42. The number of aromatic amines is 1. The maximum Gasteiger partial charge on any atom is 0.219 e. The molecule has 0 fully saturated rings. The third kappa shape index (κ3) is 1.43. The molecular weight excluding hydrogens is 166 g/mol. The van der Waals surface area contributed by atoms with E-state index in [4.69, 9.17) is 0 Å². The standard InChI is InChI=1S/C9H13N3O/c1-6-10-8-3-4-12(7(2)13)5-9(8)11-6/h3-5H2,1-2H3,(H,10,11). The van der Waals surface area contributed by atoms with Gasteiger partial charge in [0.15, 0.2) is 0 Å². The Bertz CT molecular complexity index is 343. The van der Waals surface area contributed by atoms with Gasteiger partial charge in [0.2, 0.25) is 5.91 Å². The molecule has 0 saturated carbocycles. The minimum Gasteiger partial charge on any atom is -0.344 e. The van der Waals surface area contributed by atoms with E-state index >= 15 is 0 Å². The molecule has 0 bridgehead atoms. The summed E-state index contributed by atoms with van der Waals surface area (Å²) in [7, 11) is 0. The van der Waals surface area contributed by atoms with E-state index < -0.39 is 0 Å². The van der Waals surface area contributed by atoms with Crippen LogP contribution in [-0.4, -0.2) is 27.3 Å². The van der Waals surface area contributed by atoms with Crippen LogP contribution in [-0.2, 0) is 17.8 Å². The van der Waals surface area contributed by atoms with Crippen LogP contribution in [0.5, 0.6) is 0 Å². The molecule has 1 aromatic heterocycles. The number of nitrogens with one attached hydrogen (secondary N) is 1. The van der Waals surface area contributed by atoms with Gasteiger partial charge in [-0.3, -0.25) is 4.79 Å². The predicted molar refractivity (Wildman–Crippen MR) is 48.1 cm³/mol. The quantitative estimate of drug-likeness (QED) is 0.634. The summed E-state index contributed by atoms with van der Waals surface area (Å²) in [5.41, 5.74) is 2.22. The number of H-pyrrole nitrogens is 1. The van der Waals surface area contributed by atoms with Crippen LogP contribution in [0, 0.1) is 6.92 Å². The van der Waals surface area contributed by atoms with Crippen molar-refractivity contribution >= 4 is 5.91 Å². The number of nitrogens with zero attached hydrogens (tertiary/aromatic N) is 2. The molecule has 0 atom stereocenters. The zero-order chi connectivity index (χ0) is 9.42. The van der Waals surface area contributed by atoms with E-state index in [1.807, 2.05) is 11.8 Å². The summed E-state index contributed by atoms with van der Waals surface area (Å²) in [6.07, 6.45) is 0.874. The minimum atomic E-state index is 0.137. The molecule has 4 nitrogen and oxygen atoms in total. The number of fused-ring (bicyclic) bond motifs is 1. The van der Waals surface area contributed by atoms with Crippen LogP contribution in [0.1, 0.15) is 24.1 Å². The number of hydrogen-bond donors (Lipinski definition) is 1. The fourth-order valence-corrected chi connectivity index (χ4v) is 1.71. The number of carbonyl (C=O) groups is 1. The lowest BCUT2D eigenvalue weighted by Gasteiger charge is -2.24. The molecule has 0 saturated heterocycles. The lowest BCUT2D eigenvalue weighted by Crippen LogP contribution is -2.34. The van der Waals surface area contributed by atoms with Crippen molar-refractivity contribution in [2.75, 3.05) is 6.54 Å². The van der Waals surface area contributed by atoms with Crippen LogP contribution >= 0.6 is 0 Å². The lowest BCUT2D eigenvalue weighted by molar-refractivity contribution is -0.129. The Labute approximate surface area is 77.0 Å². The van der Waals surface area contributed by atoms with E-state index in [9.17, 15) is 4.79 Å². The van der Waals surface area contributed by atoms with Gasteiger partial charge in [-0.1, -0.05) is 0 Å². The fourth-order valence-electron chi connectivity index (χ4n) is 1.71. The summed E-state index contributed by atoms with van der Waals surface area (Å²) < 4.78 is 0.